The Morgan fingerprint density at radius 3 is 2.39 bits per heavy atom. The summed E-state index contributed by atoms with van der Waals surface area (Å²) in [6.07, 6.45) is -8.52. The molecule has 1 rings (SSSR count). The highest BCUT2D eigenvalue weighted by atomic mass is 19.4. The lowest BCUT2D eigenvalue weighted by atomic mass is 10.1. The minimum atomic E-state index is -4.79. The van der Waals surface area contributed by atoms with Gasteiger partial charge in [0, 0.05) is 5.56 Å². The fourth-order valence-corrected chi connectivity index (χ4v) is 1.24. The fraction of sp³-hybridized carbons (Fsp3) is 0.455. The van der Waals surface area contributed by atoms with Gasteiger partial charge in [0.05, 0.1) is 6.10 Å². The summed E-state index contributed by atoms with van der Waals surface area (Å²) in [6, 6.07) is 3.04. The molecule has 18 heavy (non-hydrogen) atoms. The number of hydrogen-bond acceptors (Lipinski definition) is 3. The van der Waals surface area contributed by atoms with Crippen LogP contribution in [-0.4, -0.2) is 29.1 Å². The number of halogens is 4. The Bertz CT molecular complexity index is 404. The molecule has 3 nitrogen and oxygen atoms in total. The zero-order chi connectivity index (χ0) is 13.9. The van der Waals surface area contributed by atoms with Gasteiger partial charge in [0.1, 0.15) is 18.2 Å². The molecule has 0 aliphatic rings. The summed E-state index contributed by atoms with van der Waals surface area (Å²) in [5.41, 5.74) is 0.0179. The molecule has 1 aromatic carbocycles. The van der Waals surface area contributed by atoms with Crippen LogP contribution in [0.2, 0.25) is 0 Å². The highest BCUT2D eigenvalue weighted by Crippen LogP contribution is 2.27. The van der Waals surface area contributed by atoms with Crippen LogP contribution in [0.4, 0.5) is 17.6 Å². The van der Waals surface area contributed by atoms with Crippen molar-refractivity contribution in [3.05, 3.63) is 29.6 Å². The second-order valence-corrected chi connectivity index (χ2v) is 3.73. The lowest BCUT2D eigenvalue weighted by Gasteiger charge is -2.18. The molecule has 0 spiro atoms. The van der Waals surface area contributed by atoms with Gasteiger partial charge in [-0.1, -0.05) is 0 Å². The van der Waals surface area contributed by atoms with E-state index >= 15 is 0 Å². The van der Waals surface area contributed by atoms with Crippen molar-refractivity contribution in [1.29, 1.82) is 0 Å². The molecular weight excluding hydrogens is 256 g/mol. The fourth-order valence-electron chi connectivity index (χ4n) is 1.24. The molecule has 0 amide bonds. The van der Waals surface area contributed by atoms with Crippen LogP contribution < -0.4 is 4.74 Å². The second-order valence-electron chi connectivity index (χ2n) is 3.73. The minimum absolute atomic E-state index is 0.0179. The van der Waals surface area contributed by atoms with E-state index in [1.54, 1.807) is 0 Å². The van der Waals surface area contributed by atoms with Crippen LogP contribution in [0.25, 0.3) is 0 Å². The Hall–Kier alpha value is -1.34. The third-order valence-electron chi connectivity index (χ3n) is 2.20. The van der Waals surface area contributed by atoms with Crippen LogP contribution in [0.1, 0.15) is 18.6 Å². The molecule has 0 aromatic heterocycles. The summed E-state index contributed by atoms with van der Waals surface area (Å²) in [5.74, 6) is -0.746. The van der Waals surface area contributed by atoms with Gasteiger partial charge >= 0.3 is 6.18 Å². The molecule has 0 fully saturated rings. The summed E-state index contributed by atoms with van der Waals surface area (Å²) in [7, 11) is 0. The summed E-state index contributed by atoms with van der Waals surface area (Å²) >= 11 is 0. The molecule has 102 valence electrons. The van der Waals surface area contributed by atoms with E-state index in [1.807, 2.05) is 0 Å². The number of aliphatic hydroxyl groups excluding tert-OH is 2. The Labute approximate surface area is 101 Å². The van der Waals surface area contributed by atoms with Crippen LogP contribution in [-0.2, 0) is 0 Å². The Kier molecular flexibility index (Phi) is 4.53. The van der Waals surface area contributed by atoms with Gasteiger partial charge in [-0.05, 0) is 25.1 Å². The number of alkyl halides is 3. The predicted molar refractivity (Wildman–Crippen MR) is 54.6 cm³/mol. The lowest BCUT2D eigenvalue weighted by Crippen LogP contribution is -2.34. The molecule has 2 atom stereocenters. The van der Waals surface area contributed by atoms with E-state index in [0.717, 1.165) is 18.2 Å². The maximum absolute atomic E-state index is 12.9. The van der Waals surface area contributed by atoms with E-state index in [4.69, 9.17) is 9.84 Å². The molecule has 0 heterocycles. The van der Waals surface area contributed by atoms with Crippen molar-refractivity contribution < 1.29 is 32.5 Å². The van der Waals surface area contributed by atoms with E-state index in [2.05, 4.69) is 0 Å². The average molecular weight is 268 g/mol. The first-order chi connectivity index (χ1) is 8.21. The molecule has 0 aliphatic carbocycles. The summed E-state index contributed by atoms with van der Waals surface area (Å²) in [6.45, 7) is 0.302. The number of ether oxygens (including phenoxy) is 1. The molecule has 0 saturated heterocycles. The average Bonchev–Trinajstić information content (AvgIpc) is 2.25. The highest BCUT2D eigenvalue weighted by Gasteiger charge is 2.38. The van der Waals surface area contributed by atoms with Gasteiger partial charge < -0.3 is 14.9 Å². The third-order valence-corrected chi connectivity index (χ3v) is 2.20. The lowest BCUT2D eigenvalue weighted by molar-refractivity contribution is -0.210. The maximum atomic E-state index is 12.9. The Balaban J connectivity index is 2.79. The zero-order valence-corrected chi connectivity index (χ0v) is 9.41. The van der Waals surface area contributed by atoms with Crippen LogP contribution in [0.5, 0.6) is 5.75 Å². The first-order valence-corrected chi connectivity index (χ1v) is 5.07. The van der Waals surface area contributed by atoms with Gasteiger partial charge in [0.2, 0.25) is 0 Å². The topological polar surface area (TPSA) is 49.7 Å². The molecule has 0 saturated carbocycles. The summed E-state index contributed by atoms with van der Waals surface area (Å²) in [4.78, 5) is 0. The minimum Gasteiger partial charge on any atom is -0.490 e. The third kappa shape index (κ3) is 3.85. The maximum Gasteiger partial charge on any atom is 0.417 e. The van der Waals surface area contributed by atoms with Crippen molar-refractivity contribution in [2.75, 3.05) is 6.61 Å². The van der Waals surface area contributed by atoms with Crippen LogP contribution in [0.3, 0.4) is 0 Å². The molecule has 1 unspecified atom stereocenters. The van der Waals surface area contributed by atoms with Gasteiger partial charge in [-0.2, -0.15) is 13.2 Å². The molecule has 0 bridgehead atoms. The number of benzene rings is 1. The highest BCUT2D eigenvalue weighted by molar-refractivity contribution is 5.35. The SMILES string of the molecule is C[C@@H](O)c1cc(F)ccc1OCC(O)C(F)(F)F. The normalized spacial score (nSPS) is 15.3. The molecule has 2 N–H and O–H groups in total. The van der Waals surface area contributed by atoms with Crippen LogP contribution in [0, 0.1) is 5.82 Å². The number of rotatable bonds is 4. The largest absolute Gasteiger partial charge is 0.490 e. The molecular formula is C11H12F4O3. The monoisotopic (exact) mass is 268 g/mol. The first-order valence-electron chi connectivity index (χ1n) is 5.07. The Morgan fingerprint density at radius 1 is 1.28 bits per heavy atom. The van der Waals surface area contributed by atoms with Gasteiger partial charge in [-0.3, -0.25) is 0 Å². The Morgan fingerprint density at radius 2 is 1.89 bits per heavy atom. The number of hydrogen-bond donors (Lipinski definition) is 2. The zero-order valence-electron chi connectivity index (χ0n) is 9.41. The second kappa shape index (κ2) is 5.53. The van der Waals surface area contributed by atoms with Crippen molar-refractivity contribution in [3.63, 3.8) is 0 Å². The summed E-state index contributed by atoms with van der Waals surface area (Å²) < 4.78 is 53.8. The number of aliphatic hydroxyl groups is 2. The molecule has 0 aliphatic heterocycles. The van der Waals surface area contributed by atoms with Gasteiger partial charge in [-0.25, -0.2) is 4.39 Å². The van der Waals surface area contributed by atoms with E-state index in [1.165, 1.54) is 6.92 Å². The molecule has 7 heteroatoms. The molecule has 0 radical (unpaired) electrons. The van der Waals surface area contributed by atoms with Crippen molar-refractivity contribution in [2.45, 2.75) is 25.3 Å². The van der Waals surface area contributed by atoms with Gasteiger partial charge in [0.15, 0.2) is 6.10 Å². The van der Waals surface area contributed by atoms with Crippen LogP contribution in [0.15, 0.2) is 18.2 Å². The van der Waals surface area contributed by atoms with Gasteiger partial charge in [0.25, 0.3) is 0 Å². The standard InChI is InChI=1S/C11H12F4O3/c1-6(16)8-4-7(12)2-3-9(8)18-5-10(17)11(13,14)15/h2-4,6,10,16-17H,5H2,1H3/t6-,10?/m1/s1. The summed E-state index contributed by atoms with van der Waals surface area (Å²) in [5, 5.41) is 18.1. The first kappa shape index (κ1) is 14.7. The van der Waals surface area contributed by atoms with E-state index in [0.29, 0.717) is 0 Å². The van der Waals surface area contributed by atoms with Crippen LogP contribution >= 0.6 is 0 Å². The van der Waals surface area contributed by atoms with E-state index in [-0.39, 0.29) is 11.3 Å². The van der Waals surface area contributed by atoms with Crippen molar-refractivity contribution in [2.24, 2.45) is 0 Å². The van der Waals surface area contributed by atoms with Crippen molar-refractivity contribution in [1.82, 2.24) is 0 Å². The van der Waals surface area contributed by atoms with Gasteiger partial charge in [-0.15, -0.1) is 0 Å². The van der Waals surface area contributed by atoms with Crippen molar-refractivity contribution in [3.8, 4) is 5.75 Å². The smallest absolute Gasteiger partial charge is 0.417 e. The quantitative estimate of drug-likeness (QED) is 0.823. The van der Waals surface area contributed by atoms with E-state index in [9.17, 15) is 22.7 Å². The van der Waals surface area contributed by atoms with E-state index < -0.39 is 30.8 Å². The predicted octanol–water partition coefficient (Wildman–Crippen LogP) is 2.18. The van der Waals surface area contributed by atoms with Crippen molar-refractivity contribution >= 4 is 0 Å². The molecule has 1 aromatic rings.